The van der Waals surface area contributed by atoms with E-state index in [-0.39, 0.29) is 17.0 Å². The van der Waals surface area contributed by atoms with Crippen molar-refractivity contribution in [2.45, 2.75) is 44.9 Å². The van der Waals surface area contributed by atoms with Crippen molar-refractivity contribution in [1.82, 2.24) is 24.3 Å². The minimum atomic E-state index is -0.872. The zero-order valence-corrected chi connectivity index (χ0v) is 24.2. The van der Waals surface area contributed by atoms with Crippen molar-refractivity contribution < 1.29 is 19.4 Å². The number of carboxylic acid groups (broad SMARTS) is 1. The summed E-state index contributed by atoms with van der Waals surface area (Å²) in [6.07, 6.45) is 3.50. The van der Waals surface area contributed by atoms with E-state index >= 15 is 0 Å². The normalized spacial score (nSPS) is 16.5. The van der Waals surface area contributed by atoms with Gasteiger partial charge in [-0.3, -0.25) is 14.3 Å². The molecule has 11 heteroatoms. The van der Waals surface area contributed by atoms with Gasteiger partial charge in [0.15, 0.2) is 5.16 Å². The van der Waals surface area contributed by atoms with Crippen molar-refractivity contribution >= 4 is 28.9 Å². The highest BCUT2D eigenvalue weighted by molar-refractivity contribution is 7.98. The number of hydrogen-bond donors (Lipinski definition) is 1. The van der Waals surface area contributed by atoms with Gasteiger partial charge in [0.1, 0.15) is 17.1 Å². The second kappa shape index (κ2) is 11.8. The van der Waals surface area contributed by atoms with E-state index in [2.05, 4.69) is 35.6 Å². The molecule has 10 nitrogen and oxygen atoms in total. The first kappa shape index (κ1) is 28.7. The Labute approximate surface area is 232 Å². The first-order valence-corrected chi connectivity index (χ1v) is 14.2. The van der Waals surface area contributed by atoms with Crippen molar-refractivity contribution in [2.24, 2.45) is 5.41 Å². The fourth-order valence-corrected chi connectivity index (χ4v) is 5.42. The topological polar surface area (TPSA) is 110 Å². The number of amides is 1. The Hall–Kier alpha value is -3.31. The minimum Gasteiger partial charge on any atom is -0.497 e. The van der Waals surface area contributed by atoms with Crippen molar-refractivity contribution in [2.75, 3.05) is 46.7 Å². The zero-order chi connectivity index (χ0) is 28.3. The molecule has 0 saturated carbocycles. The molecule has 1 atom stereocenters. The summed E-state index contributed by atoms with van der Waals surface area (Å²) in [7, 11) is 3.16. The summed E-state index contributed by atoms with van der Waals surface area (Å²) in [5, 5.41) is 11.1. The second-order valence-corrected chi connectivity index (χ2v) is 11.5. The summed E-state index contributed by atoms with van der Waals surface area (Å²) in [5.74, 6) is 1.19. The molecule has 0 spiro atoms. The van der Waals surface area contributed by atoms with Crippen LogP contribution in [0.4, 0.5) is 4.79 Å². The second-order valence-electron chi connectivity index (χ2n) is 10.8. The summed E-state index contributed by atoms with van der Waals surface area (Å²) in [5.41, 5.74) is 1.48. The van der Waals surface area contributed by atoms with Gasteiger partial charge in [-0.15, -0.1) is 0 Å². The van der Waals surface area contributed by atoms with Crippen LogP contribution in [-0.2, 0) is 6.54 Å². The average Bonchev–Trinajstić information content (AvgIpc) is 2.92. The van der Waals surface area contributed by atoms with Gasteiger partial charge >= 0.3 is 6.09 Å². The fourth-order valence-electron chi connectivity index (χ4n) is 5.08. The largest absolute Gasteiger partial charge is 0.497 e. The van der Waals surface area contributed by atoms with Crippen LogP contribution in [0.25, 0.3) is 22.2 Å². The maximum atomic E-state index is 13.9. The molecule has 1 N–H and O–H groups in total. The number of carbonyl (C=O) groups is 1. The van der Waals surface area contributed by atoms with Crippen LogP contribution in [0.15, 0.2) is 40.4 Å². The summed E-state index contributed by atoms with van der Waals surface area (Å²) in [4.78, 5) is 38.7. The molecule has 0 bridgehead atoms. The number of rotatable bonds is 8. The first-order chi connectivity index (χ1) is 18.5. The van der Waals surface area contributed by atoms with Crippen LogP contribution in [0.2, 0.25) is 0 Å². The van der Waals surface area contributed by atoms with Gasteiger partial charge in [0.05, 0.1) is 20.3 Å². The van der Waals surface area contributed by atoms with E-state index < -0.39 is 6.09 Å². The van der Waals surface area contributed by atoms with Crippen LogP contribution >= 0.6 is 11.8 Å². The molecule has 2 aromatic heterocycles. The maximum absolute atomic E-state index is 13.9. The molecule has 39 heavy (non-hydrogen) atoms. The lowest BCUT2D eigenvalue weighted by Crippen LogP contribution is -2.59. The van der Waals surface area contributed by atoms with Gasteiger partial charge in [-0.1, -0.05) is 32.5 Å². The van der Waals surface area contributed by atoms with Crippen LogP contribution in [0, 0.1) is 5.41 Å². The number of methoxy groups -OCH3 is 2. The molecule has 3 aromatic rings. The minimum absolute atomic E-state index is 0.101. The summed E-state index contributed by atoms with van der Waals surface area (Å²) < 4.78 is 12.6. The zero-order valence-electron chi connectivity index (χ0n) is 23.4. The van der Waals surface area contributed by atoms with Gasteiger partial charge < -0.3 is 19.5 Å². The molecule has 1 aromatic carbocycles. The van der Waals surface area contributed by atoms with E-state index in [1.165, 1.54) is 11.8 Å². The molecular formula is C28H37N5O5S. The van der Waals surface area contributed by atoms with Gasteiger partial charge in [-0.05, 0) is 48.4 Å². The van der Waals surface area contributed by atoms with Gasteiger partial charge in [0.25, 0.3) is 5.56 Å². The third kappa shape index (κ3) is 6.30. The predicted octanol–water partition coefficient (Wildman–Crippen LogP) is 4.30. The lowest BCUT2D eigenvalue weighted by atomic mass is 9.84. The van der Waals surface area contributed by atoms with E-state index in [4.69, 9.17) is 9.47 Å². The number of benzene rings is 1. The predicted molar refractivity (Wildman–Crippen MR) is 153 cm³/mol. The Balaban J connectivity index is 1.65. The molecule has 3 heterocycles. The molecule has 1 amide bonds. The number of nitrogens with zero attached hydrogens (tertiary/aromatic N) is 5. The molecule has 1 fully saturated rings. The Morgan fingerprint density at radius 3 is 2.38 bits per heavy atom. The molecule has 1 unspecified atom stereocenters. The first-order valence-electron chi connectivity index (χ1n) is 13.0. The smallest absolute Gasteiger partial charge is 0.407 e. The standard InChI is InChI=1S/C28H37N5O5S/c1-28(2,3)23-17-31(10-11-32(23)27(35)36)8-7-9-33-24-19(16-29-26(30-24)39-6)14-22(25(33)34)18-12-20(37-4)15-21(13-18)38-5/h12-16,23H,7-11,17H2,1-6H3,(H,35,36). The van der Waals surface area contributed by atoms with E-state index in [9.17, 15) is 14.7 Å². The number of aromatic nitrogens is 3. The van der Waals surface area contributed by atoms with Crippen molar-refractivity contribution in [3.05, 3.63) is 40.8 Å². The monoisotopic (exact) mass is 555 g/mol. The van der Waals surface area contributed by atoms with Crippen LogP contribution in [0.3, 0.4) is 0 Å². The summed E-state index contributed by atoms with van der Waals surface area (Å²) in [6.45, 7) is 9.23. The highest BCUT2D eigenvalue weighted by atomic mass is 32.2. The highest BCUT2D eigenvalue weighted by Crippen LogP contribution is 2.30. The molecule has 0 radical (unpaired) electrons. The van der Waals surface area contributed by atoms with Crippen LogP contribution < -0.4 is 15.0 Å². The molecule has 210 valence electrons. The Bertz CT molecular complexity index is 1380. The summed E-state index contributed by atoms with van der Waals surface area (Å²) in [6, 6.07) is 7.13. The van der Waals surface area contributed by atoms with E-state index in [0.29, 0.717) is 66.0 Å². The highest BCUT2D eigenvalue weighted by Gasteiger charge is 2.37. The number of hydrogen-bond acceptors (Lipinski definition) is 8. The Kier molecular flexibility index (Phi) is 8.70. The van der Waals surface area contributed by atoms with Gasteiger partial charge in [0.2, 0.25) is 0 Å². The maximum Gasteiger partial charge on any atom is 0.407 e. The Morgan fingerprint density at radius 1 is 1.10 bits per heavy atom. The van der Waals surface area contributed by atoms with E-state index in [1.54, 1.807) is 35.9 Å². The number of thioether (sulfide) groups is 1. The molecule has 0 aliphatic carbocycles. The van der Waals surface area contributed by atoms with E-state index in [0.717, 1.165) is 11.9 Å². The molecule has 1 aliphatic heterocycles. The van der Waals surface area contributed by atoms with Crippen LogP contribution in [0.5, 0.6) is 11.5 Å². The SMILES string of the molecule is COc1cc(OC)cc(-c2cc3cnc(SC)nc3n(CCCN3CCN(C(=O)O)C(C(C)(C)C)C3)c2=O)c1. The van der Waals surface area contributed by atoms with Crippen molar-refractivity contribution in [1.29, 1.82) is 0 Å². The molecule has 1 aliphatic rings. The molecule has 1 saturated heterocycles. The third-order valence-corrected chi connectivity index (χ3v) is 7.78. The van der Waals surface area contributed by atoms with Crippen molar-refractivity contribution in [3.63, 3.8) is 0 Å². The van der Waals surface area contributed by atoms with Crippen LogP contribution in [-0.4, -0.2) is 88.2 Å². The number of aryl methyl sites for hydroxylation is 1. The van der Waals surface area contributed by atoms with Crippen LogP contribution in [0.1, 0.15) is 27.2 Å². The van der Waals surface area contributed by atoms with Gasteiger partial charge in [-0.2, -0.15) is 0 Å². The summed E-state index contributed by atoms with van der Waals surface area (Å²) >= 11 is 1.43. The van der Waals surface area contributed by atoms with Gasteiger partial charge in [0, 0.05) is 49.4 Å². The number of piperazine rings is 1. The quantitative estimate of drug-likeness (QED) is 0.321. The number of fused-ring (bicyclic) bond motifs is 1. The lowest BCUT2D eigenvalue weighted by molar-refractivity contribution is 0.0211. The number of ether oxygens (including phenoxy) is 2. The fraction of sp³-hybridized carbons (Fsp3) is 0.500. The van der Waals surface area contributed by atoms with E-state index in [1.807, 2.05) is 24.5 Å². The number of pyridine rings is 1. The van der Waals surface area contributed by atoms with Crippen molar-refractivity contribution in [3.8, 4) is 22.6 Å². The molecule has 4 rings (SSSR count). The van der Waals surface area contributed by atoms with Gasteiger partial charge in [-0.25, -0.2) is 14.8 Å². The lowest BCUT2D eigenvalue weighted by Gasteiger charge is -2.46. The average molecular weight is 556 g/mol. The molecular weight excluding hydrogens is 518 g/mol. The Morgan fingerprint density at radius 2 is 1.79 bits per heavy atom. The third-order valence-electron chi connectivity index (χ3n) is 7.22.